The second-order valence-electron chi connectivity index (χ2n) is 11.6. The lowest BCUT2D eigenvalue weighted by Gasteiger charge is -2.50. The van der Waals surface area contributed by atoms with Crippen molar-refractivity contribution in [2.45, 2.75) is 37.5 Å². The van der Waals surface area contributed by atoms with Gasteiger partial charge in [0.05, 0.1) is 23.3 Å². The van der Waals surface area contributed by atoms with Crippen molar-refractivity contribution in [3.05, 3.63) is 34.1 Å². The number of hydrogen-bond donors (Lipinski definition) is 6. The van der Waals surface area contributed by atoms with E-state index in [-0.39, 0.29) is 29.7 Å². The summed E-state index contributed by atoms with van der Waals surface area (Å²) < 4.78 is 0. The van der Waals surface area contributed by atoms with Crippen molar-refractivity contribution < 1.29 is 39.6 Å². The van der Waals surface area contributed by atoms with E-state index in [1.807, 2.05) is 0 Å². The average Bonchev–Trinajstić information content (AvgIpc) is 2.86. The lowest BCUT2D eigenvalue weighted by atomic mass is 9.57. The number of rotatable bonds is 6. The van der Waals surface area contributed by atoms with Gasteiger partial charge in [0, 0.05) is 31.3 Å². The van der Waals surface area contributed by atoms with Crippen LogP contribution in [0.2, 0.25) is 0 Å². The van der Waals surface area contributed by atoms with Crippen molar-refractivity contribution in [2.75, 3.05) is 52.5 Å². The fourth-order valence-electron chi connectivity index (χ4n) is 6.26. The van der Waals surface area contributed by atoms with Gasteiger partial charge < -0.3 is 36.4 Å². The number of hydrogen-bond acceptors (Lipinski definition) is 11. The lowest BCUT2D eigenvalue weighted by molar-refractivity contribution is -0.153. The van der Waals surface area contributed by atoms with E-state index in [0.29, 0.717) is 11.3 Å². The standard InChI is InChI=1S/C28H37N5O8/c1-11(31(2)3)27(40)30-15-10-16(32(4)5)13-8-12-9-14-20(33(6)7)23(36)19(26(29)39)25(38)28(14,41)24(37)17(12)22(35)18(13)21(15)34/h10-12,14,20,34-35,38,41H,8-9H2,1-7H3,(H2,29,39)(H,30,40)/t11?,12?,14?,20-,28-/m0/s1. The van der Waals surface area contributed by atoms with E-state index >= 15 is 0 Å². The number of aromatic hydroxyl groups is 1. The minimum absolute atomic E-state index is 0.00582. The summed E-state index contributed by atoms with van der Waals surface area (Å²) in [6, 6.07) is -0.136. The number of aliphatic hydroxyl groups is 3. The zero-order chi connectivity index (χ0) is 30.9. The molecule has 3 aliphatic carbocycles. The lowest BCUT2D eigenvalue weighted by Crippen LogP contribution is -2.65. The number of ketones is 2. The molecule has 5 atom stereocenters. The van der Waals surface area contributed by atoms with Gasteiger partial charge in [0.15, 0.2) is 11.4 Å². The van der Waals surface area contributed by atoms with Crippen LogP contribution in [-0.2, 0) is 25.6 Å². The molecule has 1 aromatic rings. The Morgan fingerprint density at radius 2 is 1.71 bits per heavy atom. The summed E-state index contributed by atoms with van der Waals surface area (Å²) in [6.45, 7) is 1.68. The summed E-state index contributed by atoms with van der Waals surface area (Å²) in [4.78, 5) is 57.1. The number of amides is 2. The highest BCUT2D eigenvalue weighted by Gasteiger charge is 2.64. The molecule has 2 amide bonds. The molecule has 13 nitrogen and oxygen atoms in total. The van der Waals surface area contributed by atoms with E-state index in [0.717, 1.165) is 0 Å². The van der Waals surface area contributed by atoms with E-state index in [1.54, 1.807) is 65.1 Å². The van der Waals surface area contributed by atoms with Gasteiger partial charge in [-0.15, -0.1) is 0 Å². The van der Waals surface area contributed by atoms with Gasteiger partial charge in [0.25, 0.3) is 5.91 Å². The predicted octanol–water partition coefficient (Wildman–Crippen LogP) is -0.0814. The van der Waals surface area contributed by atoms with Gasteiger partial charge in [-0.25, -0.2) is 0 Å². The van der Waals surface area contributed by atoms with Crippen LogP contribution in [0.5, 0.6) is 5.75 Å². The molecule has 7 N–H and O–H groups in total. The molecule has 3 aliphatic rings. The Hall–Kier alpha value is -3.94. The smallest absolute Gasteiger partial charge is 0.255 e. The van der Waals surface area contributed by atoms with Gasteiger partial charge in [0.2, 0.25) is 11.7 Å². The maximum Gasteiger partial charge on any atom is 0.255 e. The molecule has 13 heteroatoms. The van der Waals surface area contributed by atoms with Gasteiger partial charge in [-0.2, -0.15) is 0 Å². The number of benzene rings is 1. The van der Waals surface area contributed by atoms with Crippen LogP contribution in [0, 0.1) is 11.8 Å². The molecule has 0 spiro atoms. The normalized spacial score (nSPS) is 26.5. The molecule has 41 heavy (non-hydrogen) atoms. The van der Waals surface area contributed by atoms with Crippen molar-refractivity contribution in [2.24, 2.45) is 17.6 Å². The molecule has 3 unspecified atom stereocenters. The Morgan fingerprint density at radius 3 is 2.22 bits per heavy atom. The number of Topliss-reactive ketones (excluding diaryl/α,β-unsaturated/α-hetero) is 2. The topological polar surface area (TPSA) is 197 Å². The Balaban J connectivity index is 1.95. The minimum atomic E-state index is -2.72. The number of aliphatic hydroxyl groups excluding tert-OH is 2. The molecule has 0 saturated heterocycles. The fraction of sp³-hybridized carbons (Fsp3) is 0.500. The second-order valence-corrected chi connectivity index (χ2v) is 11.6. The highest BCUT2D eigenvalue weighted by Crippen LogP contribution is 2.54. The van der Waals surface area contributed by atoms with Crippen molar-refractivity contribution in [1.29, 1.82) is 0 Å². The maximum atomic E-state index is 14.0. The zero-order valence-corrected chi connectivity index (χ0v) is 24.1. The summed E-state index contributed by atoms with van der Waals surface area (Å²) in [5.41, 5.74) is 2.48. The van der Waals surface area contributed by atoms with E-state index in [1.165, 1.54) is 4.90 Å². The third kappa shape index (κ3) is 4.35. The molecule has 1 saturated carbocycles. The zero-order valence-electron chi connectivity index (χ0n) is 24.1. The number of carbonyl (C=O) groups excluding carboxylic acids is 4. The van der Waals surface area contributed by atoms with Crippen LogP contribution in [0.4, 0.5) is 11.4 Å². The predicted molar refractivity (Wildman–Crippen MR) is 150 cm³/mol. The quantitative estimate of drug-likeness (QED) is 0.197. The number of likely N-dealkylation sites (N-methyl/N-ethyl adjacent to an activating group) is 2. The van der Waals surface area contributed by atoms with Crippen molar-refractivity contribution in [3.8, 4) is 5.75 Å². The van der Waals surface area contributed by atoms with Gasteiger partial charge in [-0.1, -0.05) is 0 Å². The summed E-state index contributed by atoms with van der Waals surface area (Å²) in [5, 5.41) is 48.2. The van der Waals surface area contributed by atoms with Crippen LogP contribution < -0.4 is 16.0 Å². The molecule has 0 heterocycles. The molecule has 0 aromatic heterocycles. The number of nitrogens with one attached hydrogen (secondary N) is 1. The van der Waals surface area contributed by atoms with Crippen LogP contribution >= 0.6 is 0 Å². The van der Waals surface area contributed by atoms with Gasteiger partial charge in [-0.05, 0) is 65.5 Å². The molecule has 1 aromatic carbocycles. The molecular formula is C28H37N5O8. The molecule has 222 valence electrons. The number of carbonyl (C=O) groups is 4. The first kappa shape index (κ1) is 30.0. The number of fused-ring (bicyclic) bond motifs is 3. The highest BCUT2D eigenvalue weighted by atomic mass is 16.3. The first-order valence-corrected chi connectivity index (χ1v) is 13.1. The first-order valence-electron chi connectivity index (χ1n) is 13.1. The molecule has 0 radical (unpaired) electrons. The number of nitrogens with two attached hydrogens (primary N) is 1. The summed E-state index contributed by atoms with van der Waals surface area (Å²) in [5.74, 6) is -7.74. The highest BCUT2D eigenvalue weighted by molar-refractivity contribution is 6.24. The van der Waals surface area contributed by atoms with Crippen molar-refractivity contribution >= 4 is 40.5 Å². The Kier molecular flexibility index (Phi) is 7.44. The van der Waals surface area contributed by atoms with Gasteiger partial charge in [-0.3, -0.25) is 29.0 Å². The SMILES string of the molecule is CC(C(=O)Nc1cc(N(C)C)c2c(c1O)C(O)=C1C(=O)[C@]3(O)C(O)=C(C(N)=O)C(=O)[C@@H](N(C)C)C3CC1C2)N(C)C. The maximum absolute atomic E-state index is 14.0. The van der Waals surface area contributed by atoms with Crippen LogP contribution in [0.25, 0.3) is 5.76 Å². The van der Waals surface area contributed by atoms with Gasteiger partial charge >= 0.3 is 0 Å². The van der Waals surface area contributed by atoms with Crippen LogP contribution in [0.15, 0.2) is 23.0 Å². The van der Waals surface area contributed by atoms with Gasteiger partial charge in [0.1, 0.15) is 22.8 Å². The van der Waals surface area contributed by atoms with Crippen LogP contribution in [0.1, 0.15) is 24.5 Å². The Bertz CT molecular complexity index is 1430. The van der Waals surface area contributed by atoms with Crippen molar-refractivity contribution in [3.63, 3.8) is 0 Å². The average molecular weight is 572 g/mol. The second kappa shape index (κ2) is 10.2. The first-order chi connectivity index (χ1) is 19.0. The number of primary amides is 1. The Labute approximate surface area is 237 Å². The van der Waals surface area contributed by atoms with E-state index < -0.39 is 75.7 Å². The fourth-order valence-corrected chi connectivity index (χ4v) is 6.26. The summed E-state index contributed by atoms with van der Waals surface area (Å²) in [6.07, 6.45) is 0.121. The monoisotopic (exact) mass is 571 g/mol. The Morgan fingerprint density at radius 1 is 1.10 bits per heavy atom. The minimum Gasteiger partial charge on any atom is -0.508 e. The summed E-state index contributed by atoms with van der Waals surface area (Å²) in [7, 11) is 10.0. The molecule has 1 fully saturated rings. The molecule has 0 bridgehead atoms. The van der Waals surface area contributed by atoms with Crippen molar-refractivity contribution in [1.82, 2.24) is 9.80 Å². The largest absolute Gasteiger partial charge is 0.508 e. The molecule has 0 aliphatic heterocycles. The number of nitrogens with zero attached hydrogens (tertiary/aromatic N) is 3. The van der Waals surface area contributed by atoms with E-state index in [2.05, 4.69) is 5.32 Å². The van der Waals surface area contributed by atoms with E-state index in [9.17, 15) is 39.6 Å². The summed E-state index contributed by atoms with van der Waals surface area (Å²) >= 11 is 0. The number of phenols is 1. The number of phenolic OH excluding ortho intramolecular Hbond substituents is 1. The van der Waals surface area contributed by atoms with Crippen LogP contribution in [-0.4, -0.2) is 114 Å². The van der Waals surface area contributed by atoms with Crippen LogP contribution in [0.3, 0.4) is 0 Å². The third-order valence-corrected chi connectivity index (χ3v) is 8.59. The molecule has 4 rings (SSSR count). The molecular weight excluding hydrogens is 534 g/mol. The third-order valence-electron chi connectivity index (χ3n) is 8.59. The number of anilines is 2. The van der Waals surface area contributed by atoms with E-state index in [4.69, 9.17) is 5.73 Å².